The number of hydrogen-bond acceptors (Lipinski definition) is 4. The van der Waals surface area contributed by atoms with Crippen molar-refractivity contribution in [3.8, 4) is 11.5 Å². The van der Waals surface area contributed by atoms with Gasteiger partial charge in [-0.3, -0.25) is 0 Å². The monoisotopic (exact) mass is 281 g/mol. The molecule has 1 aliphatic carbocycles. The standard InChI is InChI=1S/C15H23NO2S/c1-17-14-5-3-4-6-15(14)18-10-9-16-12-7-8-13(11-12)19-2/h3-6,12-13,16H,7-11H2,1-2H3. The number of benzene rings is 1. The van der Waals surface area contributed by atoms with Gasteiger partial charge in [0.05, 0.1) is 7.11 Å². The van der Waals surface area contributed by atoms with Gasteiger partial charge < -0.3 is 14.8 Å². The van der Waals surface area contributed by atoms with E-state index in [1.165, 1.54) is 19.3 Å². The van der Waals surface area contributed by atoms with Crippen LogP contribution in [0.1, 0.15) is 19.3 Å². The lowest BCUT2D eigenvalue weighted by molar-refractivity contribution is 0.286. The highest BCUT2D eigenvalue weighted by atomic mass is 32.2. The first-order valence-corrected chi connectivity index (χ1v) is 8.14. The SMILES string of the molecule is COc1ccccc1OCCNC1CCC(SC)C1. The van der Waals surface area contributed by atoms with Gasteiger partial charge in [0.2, 0.25) is 0 Å². The van der Waals surface area contributed by atoms with Crippen molar-refractivity contribution in [1.29, 1.82) is 0 Å². The lowest BCUT2D eigenvalue weighted by Gasteiger charge is -2.14. The number of rotatable bonds is 7. The maximum atomic E-state index is 5.75. The number of para-hydroxylation sites is 2. The van der Waals surface area contributed by atoms with Crippen molar-refractivity contribution in [3.05, 3.63) is 24.3 Å². The van der Waals surface area contributed by atoms with Gasteiger partial charge >= 0.3 is 0 Å². The molecule has 0 bridgehead atoms. The molecule has 19 heavy (non-hydrogen) atoms. The number of thioether (sulfide) groups is 1. The number of methoxy groups -OCH3 is 1. The quantitative estimate of drug-likeness (QED) is 0.778. The Morgan fingerprint density at radius 1 is 1.26 bits per heavy atom. The normalized spacial score (nSPS) is 22.4. The van der Waals surface area contributed by atoms with Crippen molar-refractivity contribution >= 4 is 11.8 Å². The molecule has 0 radical (unpaired) electrons. The third-order valence-corrected chi connectivity index (χ3v) is 4.67. The summed E-state index contributed by atoms with van der Waals surface area (Å²) in [5.74, 6) is 1.62. The average molecular weight is 281 g/mol. The Kier molecular flexibility index (Phi) is 5.86. The highest BCUT2D eigenvalue weighted by Gasteiger charge is 2.22. The number of ether oxygens (including phenoxy) is 2. The summed E-state index contributed by atoms with van der Waals surface area (Å²) in [4.78, 5) is 0. The first-order chi connectivity index (χ1) is 9.33. The van der Waals surface area contributed by atoms with Crippen LogP contribution in [0.5, 0.6) is 11.5 Å². The first-order valence-electron chi connectivity index (χ1n) is 6.85. The molecule has 4 heteroatoms. The molecule has 1 saturated carbocycles. The highest BCUT2D eigenvalue weighted by molar-refractivity contribution is 7.99. The van der Waals surface area contributed by atoms with Crippen LogP contribution in [0.3, 0.4) is 0 Å². The van der Waals surface area contributed by atoms with Gasteiger partial charge in [0.1, 0.15) is 6.61 Å². The fourth-order valence-electron chi connectivity index (χ4n) is 2.50. The van der Waals surface area contributed by atoms with Gasteiger partial charge in [-0.05, 0) is 37.7 Å². The summed E-state index contributed by atoms with van der Waals surface area (Å²) in [6.07, 6.45) is 6.13. The summed E-state index contributed by atoms with van der Waals surface area (Å²) in [6.45, 7) is 1.57. The van der Waals surface area contributed by atoms with Crippen molar-refractivity contribution in [2.45, 2.75) is 30.6 Å². The van der Waals surface area contributed by atoms with Gasteiger partial charge in [-0.2, -0.15) is 11.8 Å². The van der Waals surface area contributed by atoms with Crippen molar-refractivity contribution in [2.24, 2.45) is 0 Å². The molecule has 0 saturated heterocycles. The molecule has 1 N–H and O–H groups in total. The molecule has 3 nitrogen and oxygen atoms in total. The van der Waals surface area contributed by atoms with E-state index in [1.807, 2.05) is 36.0 Å². The minimum absolute atomic E-state index is 0.665. The van der Waals surface area contributed by atoms with E-state index in [0.29, 0.717) is 12.6 Å². The Balaban J connectivity index is 1.67. The van der Waals surface area contributed by atoms with Crippen molar-refractivity contribution < 1.29 is 9.47 Å². The van der Waals surface area contributed by atoms with Gasteiger partial charge in [-0.1, -0.05) is 12.1 Å². The molecule has 1 aliphatic rings. The second-order valence-electron chi connectivity index (χ2n) is 4.82. The van der Waals surface area contributed by atoms with Crippen LogP contribution >= 0.6 is 11.8 Å². The summed E-state index contributed by atoms with van der Waals surface area (Å²) in [7, 11) is 1.67. The second kappa shape index (κ2) is 7.65. The lowest BCUT2D eigenvalue weighted by atomic mass is 10.2. The van der Waals surface area contributed by atoms with Crippen molar-refractivity contribution in [1.82, 2.24) is 5.32 Å². The van der Waals surface area contributed by atoms with Gasteiger partial charge in [0, 0.05) is 17.8 Å². The molecule has 1 fully saturated rings. The van der Waals surface area contributed by atoms with Crippen LogP contribution in [0.4, 0.5) is 0 Å². The molecule has 0 aromatic heterocycles. The smallest absolute Gasteiger partial charge is 0.161 e. The van der Waals surface area contributed by atoms with Gasteiger partial charge in [0.15, 0.2) is 11.5 Å². The number of nitrogens with one attached hydrogen (secondary N) is 1. The van der Waals surface area contributed by atoms with E-state index in [9.17, 15) is 0 Å². The van der Waals surface area contributed by atoms with Crippen molar-refractivity contribution in [2.75, 3.05) is 26.5 Å². The third-order valence-electron chi connectivity index (χ3n) is 3.58. The van der Waals surface area contributed by atoms with Crippen LogP contribution in [0, 0.1) is 0 Å². The highest BCUT2D eigenvalue weighted by Crippen LogP contribution is 2.28. The molecule has 106 valence electrons. The lowest BCUT2D eigenvalue weighted by Crippen LogP contribution is -2.30. The maximum absolute atomic E-state index is 5.75. The van der Waals surface area contributed by atoms with E-state index >= 15 is 0 Å². The van der Waals surface area contributed by atoms with Gasteiger partial charge in [0.25, 0.3) is 0 Å². The Labute approximate surface area is 120 Å². The summed E-state index contributed by atoms with van der Waals surface area (Å²) >= 11 is 1.99. The molecule has 0 aliphatic heterocycles. The zero-order valence-corrected chi connectivity index (χ0v) is 12.5. The van der Waals surface area contributed by atoms with Crippen LogP contribution in [0.2, 0.25) is 0 Å². The molecule has 2 unspecified atom stereocenters. The van der Waals surface area contributed by atoms with Crippen molar-refractivity contribution in [3.63, 3.8) is 0 Å². The minimum atomic E-state index is 0.665. The van der Waals surface area contributed by atoms with Gasteiger partial charge in [-0.15, -0.1) is 0 Å². The Morgan fingerprint density at radius 2 is 2.05 bits per heavy atom. The van der Waals surface area contributed by atoms with Crippen LogP contribution in [0.25, 0.3) is 0 Å². The number of hydrogen-bond donors (Lipinski definition) is 1. The van der Waals surface area contributed by atoms with Crippen LogP contribution in [0.15, 0.2) is 24.3 Å². The van der Waals surface area contributed by atoms with E-state index in [4.69, 9.17) is 9.47 Å². The fourth-order valence-corrected chi connectivity index (χ4v) is 3.30. The topological polar surface area (TPSA) is 30.5 Å². The molecular formula is C15H23NO2S. The predicted molar refractivity (Wildman–Crippen MR) is 81.4 cm³/mol. The predicted octanol–water partition coefficient (Wildman–Crippen LogP) is 2.95. The van der Waals surface area contributed by atoms with E-state index < -0.39 is 0 Å². The fraction of sp³-hybridized carbons (Fsp3) is 0.600. The van der Waals surface area contributed by atoms with E-state index in [2.05, 4.69) is 11.6 Å². The van der Waals surface area contributed by atoms with Crippen LogP contribution < -0.4 is 14.8 Å². The Hall–Kier alpha value is -0.870. The summed E-state index contributed by atoms with van der Waals surface area (Å²) in [5.41, 5.74) is 0. The molecule has 2 atom stereocenters. The summed E-state index contributed by atoms with van der Waals surface area (Å²) in [6, 6.07) is 8.44. The largest absolute Gasteiger partial charge is 0.493 e. The molecule has 1 aromatic carbocycles. The van der Waals surface area contributed by atoms with E-state index in [1.54, 1.807) is 7.11 Å². The molecular weight excluding hydrogens is 258 g/mol. The van der Waals surface area contributed by atoms with Crippen LogP contribution in [-0.2, 0) is 0 Å². The second-order valence-corrected chi connectivity index (χ2v) is 5.96. The Morgan fingerprint density at radius 3 is 2.74 bits per heavy atom. The third kappa shape index (κ3) is 4.32. The zero-order chi connectivity index (χ0) is 13.5. The molecule has 1 aromatic rings. The molecule has 0 heterocycles. The minimum Gasteiger partial charge on any atom is -0.493 e. The summed E-state index contributed by atoms with van der Waals surface area (Å²) in [5, 5.41) is 4.41. The average Bonchev–Trinajstić information content (AvgIpc) is 2.92. The molecule has 0 amide bonds. The molecule has 0 spiro atoms. The van der Waals surface area contributed by atoms with E-state index in [0.717, 1.165) is 23.3 Å². The van der Waals surface area contributed by atoms with Crippen LogP contribution in [-0.4, -0.2) is 37.8 Å². The maximum Gasteiger partial charge on any atom is 0.161 e. The molecule has 2 rings (SSSR count). The Bertz CT molecular complexity index is 386. The zero-order valence-electron chi connectivity index (χ0n) is 11.7. The van der Waals surface area contributed by atoms with E-state index in [-0.39, 0.29) is 0 Å². The summed E-state index contributed by atoms with van der Waals surface area (Å²) < 4.78 is 11.0. The van der Waals surface area contributed by atoms with Gasteiger partial charge in [-0.25, -0.2) is 0 Å². The first kappa shape index (κ1) is 14.5.